The van der Waals surface area contributed by atoms with Crippen LogP contribution in [0.4, 0.5) is 0 Å². The Hall–Kier alpha value is -1.04. The lowest BCUT2D eigenvalue weighted by molar-refractivity contribution is -0.0226. The molecule has 4 rings (SSSR count). The molecule has 1 aromatic rings. The number of rotatable bonds is 0. The van der Waals surface area contributed by atoms with Crippen LogP contribution in [0.3, 0.4) is 0 Å². The van der Waals surface area contributed by atoms with Crippen LogP contribution < -0.4 is 0 Å². The van der Waals surface area contributed by atoms with Crippen LogP contribution >= 0.6 is 0 Å². The maximum absolute atomic E-state index is 10.4. The first kappa shape index (κ1) is 16.8. The van der Waals surface area contributed by atoms with Crippen molar-refractivity contribution in [1.82, 2.24) is 0 Å². The smallest absolute Gasteiger partial charge is 0.482 e. The molecule has 2 saturated carbocycles. The maximum Gasteiger partial charge on any atom is 0.482 e. The number of phenolic OH excluding ortho intramolecular Hbond substituents is 1. The van der Waals surface area contributed by atoms with Gasteiger partial charge < -0.3 is 20.3 Å². The number of aliphatic hydroxyl groups excluding tert-OH is 1. The molecule has 1 unspecified atom stereocenters. The minimum Gasteiger partial charge on any atom is -0.508 e. The van der Waals surface area contributed by atoms with E-state index in [1.165, 1.54) is 30.4 Å². The minimum atomic E-state index is -0.0883. The van der Waals surface area contributed by atoms with Gasteiger partial charge in [-0.2, -0.15) is 0 Å². The molecule has 4 nitrogen and oxygen atoms in total. The fourth-order valence-corrected chi connectivity index (χ4v) is 5.54. The molecule has 0 heterocycles. The second-order valence-corrected chi connectivity index (χ2v) is 7.55. The Morgan fingerprint density at radius 3 is 2.61 bits per heavy atom. The lowest BCUT2D eigenvalue weighted by atomic mass is 9.55. The summed E-state index contributed by atoms with van der Waals surface area (Å²) in [7, 11) is 0. The van der Waals surface area contributed by atoms with E-state index < -0.39 is 0 Å². The van der Waals surface area contributed by atoms with Crippen molar-refractivity contribution in [3.8, 4) is 5.75 Å². The second kappa shape index (κ2) is 6.46. The molecule has 3 aliphatic rings. The van der Waals surface area contributed by atoms with E-state index in [2.05, 4.69) is 13.0 Å². The number of aryl methyl sites for hydroxylation is 1. The summed E-state index contributed by atoms with van der Waals surface area (Å²) in [5, 5.41) is 34.0. The third-order valence-electron chi connectivity index (χ3n) is 6.66. The molecule has 2 fully saturated rings. The second-order valence-electron chi connectivity index (χ2n) is 7.55. The van der Waals surface area contributed by atoms with Crippen LogP contribution in [0.1, 0.15) is 56.1 Å². The lowest BCUT2D eigenvalue weighted by Gasteiger charge is -2.50. The molecule has 0 saturated heterocycles. The van der Waals surface area contributed by atoms with Crippen LogP contribution in [0.25, 0.3) is 0 Å². The molecule has 0 spiro atoms. The Labute approximate surface area is 138 Å². The molecule has 23 heavy (non-hydrogen) atoms. The number of hydrogen-bond acceptors (Lipinski definition) is 4. The van der Waals surface area contributed by atoms with Crippen LogP contribution in [-0.4, -0.2) is 34.1 Å². The van der Waals surface area contributed by atoms with Gasteiger partial charge in [0.15, 0.2) is 0 Å². The number of benzene rings is 1. The first-order valence-corrected chi connectivity index (χ1v) is 8.61. The predicted octanol–water partition coefficient (Wildman–Crippen LogP) is 2.11. The largest absolute Gasteiger partial charge is 0.508 e. The van der Waals surface area contributed by atoms with Gasteiger partial charge in [0.25, 0.3) is 0 Å². The van der Waals surface area contributed by atoms with Crippen LogP contribution in [0.5, 0.6) is 5.75 Å². The van der Waals surface area contributed by atoms with E-state index in [9.17, 15) is 10.2 Å². The Morgan fingerprint density at radius 2 is 1.87 bits per heavy atom. The summed E-state index contributed by atoms with van der Waals surface area (Å²) in [6.45, 7) is 2.32. The summed E-state index contributed by atoms with van der Waals surface area (Å²) in [6.07, 6.45) is 6.78. The molecule has 1 aromatic carbocycles. The van der Waals surface area contributed by atoms with Crippen molar-refractivity contribution in [3.05, 3.63) is 29.3 Å². The number of aromatic hydroxyl groups is 1. The van der Waals surface area contributed by atoms with E-state index in [1.807, 2.05) is 12.1 Å². The molecule has 0 aliphatic heterocycles. The van der Waals surface area contributed by atoms with Gasteiger partial charge in [-0.05, 0) is 85.0 Å². The molecule has 0 aromatic heterocycles. The number of hydrogen-bond donors (Lipinski definition) is 4. The van der Waals surface area contributed by atoms with E-state index in [0.29, 0.717) is 17.6 Å². The van der Waals surface area contributed by atoms with Crippen molar-refractivity contribution >= 4 is 7.69 Å². The highest BCUT2D eigenvalue weighted by atomic mass is 16.4. The van der Waals surface area contributed by atoms with Gasteiger partial charge in [-0.1, -0.05) is 13.0 Å². The zero-order valence-electron chi connectivity index (χ0n) is 13.7. The fraction of sp³-hybridized carbons (Fsp3) is 0.667. The van der Waals surface area contributed by atoms with E-state index in [4.69, 9.17) is 10.0 Å². The summed E-state index contributed by atoms with van der Waals surface area (Å²) in [5.74, 6) is 2.49. The van der Waals surface area contributed by atoms with Gasteiger partial charge in [0, 0.05) is 0 Å². The predicted molar refractivity (Wildman–Crippen MR) is 88.9 cm³/mol. The first-order valence-electron chi connectivity index (χ1n) is 8.61. The zero-order chi connectivity index (χ0) is 16.6. The fourth-order valence-electron chi connectivity index (χ4n) is 5.54. The summed E-state index contributed by atoms with van der Waals surface area (Å²) >= 11 is 0. The van der Waals surface area contributed by atoms with Gasteiger partial charge in [-0.3, -0.25) is 0 Å². The van der Waals surface area contributed by atoms with Gasteiger partial charge >= 0.3 is 7.69 Å². The van der Waals surface area contributed by atoms with Gasteiger partial charge in [0.2, 0.25) is 0 Å². The van der Waals surface area contributed by atoms with Gasteiger partial charge in [-0.25, -0.2) is 0 Å². The molecule has 5 atom stereocenters. The Bertz CT molecular complexity index is 564. The van der Waals surface area contributed by atoms with Crippen LogP contribution in [0.15, 0.2) is 18.2 Å². The number of fused-ring (bicyclic) bond motifs is 5. The SMILES string of the molecule is C[C@]12CC[C@@H]3c4ccc(O)cc4CC[C@H]3[C@@H]1CCC2O.O[B]O. The molecule has 0 amide bonds. The van der Waals surface area contributed by atoms with Crippen molar-refractivity contribution in [1.29, 1.82) is 0 Å². The molecule has 1 radical (unpaired) electrons. The molecular formula is C18H26BO4. The van der Waals surface area contributed by atoms with E-state index in [1.54, 1.807) is 0 Å². The monoisotopic (exact) mass is 317 g/mol. The van der Waals surface area contributed by atoms with Crippen molar-refractivity contribution in [2.24, 2.45) is 17.3 Å². The van der Waals surface area contributed by atoms with Crippen molar-refractivity contribution in [2.45, 2.75) is 57.5 Å². The third-order valence-corrected chi connectivity index (χ3v) is 6.66. The highest BCUT2D eigenvalue weighted by molar-refractivity contribution is 6.13. The van der Waals surface area contributed by atoms with Crippen LogP contribution in [0, 0.1) is 17.3 Å². The van der Waals surface area contributed by atoms with Gasteiger partial charge in [0.05, 0.1) is 6.10 Å². The summed E-state index contributed by atoms with van der Waals surface area (Å²) in [5.41, 5.74) is 2.99. The first-order chi connectivity index (χ1) is 11.0. The quantitative estimate of drug-likeness (QED) is 0.553. The van der Waals surface area contributed by atoms with Crippen molar-refractivity contribution < 1.29 is 20.3 Å². The minimum absolute atomic E-state index is 0. The highest BCUT2D eigenvalue weighted by Crippen LogP contribution is 2.60. The van der Waals surface area contributed by atoms with Crippen LogP contribution in [0.2, 0.25) is 0 Å². The number of aliphatic hydroxyl groups is 1. The summed E-state index contributed by atoms with van der Waals surface area (Å²) in [4.78, 5) is 0. The average molecular weight is 317 g/mol. The zero-order valence-corrected chi connectivity index (χ0v) is 13.7. The van der Waals surface area contributed by atoms with Gasteiger partial charge in [-0.15, -0.1) is 0 Å². The number of phenols is 1. The van der Waals surface area contributed by atoms with E-state index >= 15 is 0 Å². The summed E-state index contributed by atoms with van der Waals surface area (Å²) < 4.78 is 0. The lowest BCUT2D eigenvalue weighted by Crippen LogP contribution is -2.43. The molecular weight excluding hydrogens is 291 g/mol. The molecule has 125 valence electrons. The molecule has 4 N–H and O–H groups in total. The van der Waals surface area contributed by atoms with E-state index in [-0.39, 0.29) is 19.2 Å². The topological polar surface area (TPSA) is 80.9 Å². The van der Waals surface area contributed by atoms with Gasteiger partial charge in [0.1, 0.15) is 5.75 Å². The normalized spacial score (nSPS) is 37.7. The molecule has 5 heteroatoms. The third kappa shape index (κ3) is 2.79. The van der Waals surface area contributed by atoms with E-state index in [0.717, 1.165) is 25.2 Å². The Balaban J connectivity index is 0.000000485. The van der Waals surface area contributed by atoms with Crippen LogP contribution in [-0.2, 0) is 6.42 Å². The Kier molecular flexibility index (Phi) is 4.72. The molecule has 0 bridgehead atoms. The maximum atomic E-state index is 10.4. The average Bonchev–Trinajstić information content (AvgIpc) is 2.83. The molecule has 3 aliphatic carbocycles. The highest BCUT2D eigenvalue weighted by Gasteiger charge is 2.54. The van der Waals surface area contributed by atoms with Crippen molar-refractivity contribution in [3.63, 3.8) is 0 Å². The standard InChI is InChI=1S/C18H24O2.BH2O2/c1-18-9-8-14-13-5-3-12(19)10-11(13)2-4-15(14)16(18)6-7-17(18)20;2-1-3/h3,5,10,14-17,19-20H,2,4,6-9H2,1H3;2-3H/t14-,15-,16+,17?,18+;/m1./s1. The summed E-state index contributed by atoms with van der Waals surface area (Å²) in [6, 6.07) is 5.96. The Morgan fingerprint density at radius 1 is 1.13 bits per heavy atom. The van der Waals surface area contributed by atoms with Crippen molar-refractivity contribution in [2.75, 3.05) is 0 Å².